The number of aromatic amines is 2. The van der Waals surface area contributed by atoms with Crippen LogP contribution in [-0.2, 0) is 27.2 Å². The third kappa shape index (κ3) is 7.35. The zero-order valence-corrected chi connectivity index (χ0v) is 27.8. The molecule has 0 atom stereocenters. The van der Waals surface area contributed by atoms with Gasteiger partial charge in [0.2, 0.25) is 0 Å². The number of pyridine rings is 2. The van der Waals surface area contributed by atoms with Gasteiger partial charge in [-0.25, -0.2) is 0 Å². The maximum absolute atomic E-state index is 12.6. The Morgan fingerprint density at radius 3 is 1.57 bits per heavy atom. The molecule has 2 aromatic heterocycles. The van der Waals surface area contributed by atoms with Crippen molar-refractivity contribution in [2.75, 3.05) is 6.61 Å². The van der Waals surface area contributed by atoms with Crippen LogP contribution in [0.1, 0.15) is 18.1 Å². The predicted octanol–water partition coefficient (Wildman–Crippen LogP) is 7.65. The SMILES string of the molecule is CCOC(=O)Cc1c(-c2cccc(Br)c2)c2ccccc2[nH]c1=O.O=C(O)Cc1c(-c2cccc(Br)c2)c2ccccc2[nH]c1=O. The number of aromatic nitrogens is 2. The molecular formula is C36H28Br2N2O6. The summed E-state index contributed by atoms with van der Waals surface area (Å²) in [5.74, 6) is -1.44. The molecule has 0 aliphatic heterocycles. The second-order valence-corrected chi connectivity index (χ2v) is 12.1. The van der Waals surface area contributed by atoms with E-state index in [2.05, 4.69) is 41.8 Å². The largest absolute Gasteiger partial charge is 0.481 e. The van der Waals surface area contributed by atoms with Gasteiger partial charge in [0.25, 0.3) is 11.1 Å². The normalized spacial score (nSPS) is 10.8. The van der Waals surface area contributed by atoms with Crippen molar-refractivity contribution in [2.45, 2.75) is 19.8 Å². The number of rotatable bonds is 7. The molecule has 0 radical (unpaired) electrons. The molecule has 6 aromatic rings. The van der Waals surface area contributed by atoms with Gasteiger partial charge in [0.05, 0.1) is 19.4 Å². The number of benzene rings is 4. The molecular weight excluding hydrogens is 716 g/mol. The first-order valence-electron chi connectivity index (χ1n) is 14.3. The van der Waals surface area contributed by atoms with E-state index in [1.165, 1.54) is 0 Å². The Morgan fingerprint density at radius 2 is 1.13 bits per heavy atom. The number of carbonyl (C=O) groups is 2. The number of esters is 1. The molecule has 0 aliphatic carbocycles. The summed E-state index contributed by atoms with van der Waals surface area (Å²) < 4.78 is 6.81. The van der Waals surface area contributed by atoms with Crippen LogP contribution in [0.2, 0.25) is 0 Å². The predicted molar refractivity (Wildman–Crippen MR) is 187 cm³/mol. The Bertz CT molecular complexity index is 2210. The highest BCUT2D eigenvalue weighted by Crippen LogP contribution is 2.33. The highest BCUT2D eigenvalue weighted by Gasteiger charge is 2.19. The molecule has 232 valence electrons. The van der Waals surface area contributed by atoms with Gasteiger partial charge in [-0.15, -0.1) is 0 Å². The third-order valence-electron chi connectivity index (χ3n) is 7.22. The summed E-state index contributed by atoms with van der Waals surface area (Å²) in [6.45, 7) is 2.04. The zero-order chi connectivity index (χ0) is 32.8. The van der Waals surface area contributed by atoms with E-state index >= 15 is 0 Å². The van der Waals surface area contributed by atoms with E-state index in [0.717, 1.165) is 41.9 Å². The fourth-order valence-electron chi connectivity index (χ4n) is 5.36. The average molecular weight is 744 g/mol. The fraction of sp³-hybridized carbons (Fsp3) is 0.111. The lowest BCUT2D eigenvalue weighted by atomic mass is 9.95. The number of carboxylic acid groups (broad SMARTS) is 1. The van der Waals surface area contributed by atoms with Gasteiger partial charge in [-0.05, 0) is 54.4 Å². The molecule has 0 saturated carbocycles. The topological polar surface area (TPSA) is 129 Å². The Labute approximate surface area is 280 Å². The second kappa shape index (κ2) is 14.5. The van der Waals surface area contributed by atoms with Gasteiger partial charge in [0.15, 0.2) is 0 Å². The molecule has 8 nitrogen and oxygen atoms in total. The van der Waals surface area contributed by atoms with E-state index < -0.39 is 11.9 Å². The summed E-state index contributed by atoms with van der Waals surface area (Å²) in [4.78, 5) is 53.6. The van der Waals surface area contributed by atoms with Crippen LogP contribution in [-0.4, -0.2) is 33.6 Å². The fourth-order valence-corrected chi connectivity index (χ4v) is 6.16. The number of fused-ring (bicyclic) bond motifs is 2. The minimum Gasteiger partial charge on any atom is -0.481 e. The summed E-state index contributed by atoms with van der Waals surface area (Å²) in [5, 5.41) is 10.9. The van der Waals surface area contributed by atoms with Gasteiger partial charge >= 0.3 is 11.9 Å². The van der Waals surface area contributed by atoms with Gasteiger partial charge in [0, 0.05) is 53.0 Å². The van der Waals surface area contributed by atoms with Crippen LogP contribution in [0, 0.1) is 0 Å². The number of hydrogen-bond donors (Lipinski definition) is 3. The molecule has 2 heterocycles. The summed E-state index contributed by atoms with van der Waals surface area (Å²) in [7, 11) is 0. The standard InChI is InChI=1S/C19H16BrNO3.C17H12BrNO3/c1-2-24-17(22)11-15-18(12-6-5-7-13(20)10-12)14-8-3-4-9-16(14)21-19(15)23;18-11-5-3-4-10(8-11)16-12-6-1-2-7-14(12)19-17(22)13(16)9-15(20)21/h3-10H,2,11H2,1H3,(H,21,23);1-8H,9H2,(H,19,22)(H,20,21). The van der Waals surface area contributed by atoms with Crippen molar-refractivity contribution < 1.29 is 19.4 Å². The number of H-pyrrole nitrogens is 2. The molecule has 0 amide bonds. The van der Waals surface area contributed by atoms with Gasteiger partial charge in [-0.3, -0.25) is 19.2 Å². The monoisotopic (exact) mass is 742 g/mol. The van der Waals surface area contributed by atoms with Crippen molar-refractivity contribution >= 4 is 65.6 Å². The molecule has 0 unspecified atom stereocenters. The Morgan fingerprint density at radius 1 is 0.674 bits per heavy atom. The lowest BCUT2D eigenvalue weighted by molar-refractivity contribution is -0.142. The first-order valence-corrected chi connectivity index (χ1v) is 15.9. The Kier molecular flexibility index (Phi) is 10.3. The maximum atomic E-state index is 12.6. The minimum absolute atomic E-state index is 0.0597. The zero-order valence-electron chi connectivity index (χ0n) is 24.6. The molecule has 6 rings (SSSR count). The van der Waals surface area contributed by atoms with E-state index in [1.54, 1.807) is 6.92 Å². The van der Waals surface area contributed by atoms with Crippen LogP contribution >= 0.6 is 31.9 Å². The van der Waals surface area contributed by atoms with Crippen molar-refractivity contribution in [1.82, 2.24) is 9.97 Å². The smallest absolute Gasteiger partial charge is 0.310 e. The van der Waals surface area contributed by atoms with Gasteiger partial charge in [0.1, 0.15) is 0 Å². The maximum Gasteiger partial charge on any atom is 0.310 e. The number of hydrogen-bond acceptors (Lipinski definition) is 5. The lowest BCUT2D eigenvalue weighted by Crippen LogP contribution is -2.19. The summed E-state index contributed by atoms with van der Waals surface area (Å²) in [6, 6.07) is 30.2. The van der Waals surface area contributed by atoms with E-state index in [1.807, 2.05) is 97.1 Å². The van der Waals surface area contributed by atoms with Gasteiger partial charge in [-0.1, -0.05) is 92.5 Å². The van der Waals surface area contributed by atoms with E-state index in [4.69, 9.17) is 9.84 Å². The van der Waals surface area contributed by atoms with Crippen molar-refractivity contribution in [1.29, 1.82) is 0 Å². The molecule has 0 bridgehead atoms. The number of carbonyl (C=O) groups excluding carboxylic acids is 1. The number of ether oxygens (including phenoxy) is 1. The molecule has 0 spiro atoms. The summed E-state index contributed by atoms with van der Waals surface area (Å²) >= 11 is 6.88. The van der Waals surface area contributed by atoms with Crippen LogP contribution < -0.4 is 11.1 Å². The molecule has 0 saturated heterocycles. The van der Waals surface area contributed by atoms with E-state index in [9.17, 15) is 19.2 Å². The molecule has 0 fully saturated rings. The molecule has 10 heteroatoms. The second-order valence-electron chi connectivity index (χ2n) is 10.3. The number of nitrogens with one attached hydrogen (secondary N) is 2. The first kappa shape index (κ1) is 32.6. The Hall–Kier alpha value is -4.80. The average Bonchev–Trinajstić information content (AvgIpc) is 3.02. The highest BCUT2D eigenvalue weighted by molar-refractivity contribution is 9.10. The van der Waals surface area contributed by atoms with Crippen LogP contribution in [0.15, 0.2) is 116 Å². The summed E-state index contributed by atoms with van der Waals surface area (Å²) in [5.41, 5.74) is 4.62. The summed E-state index contributed by atoms with van der Waals surface area (Å²) in [6.07, 6.45) is -0.377. The Balaban J connectivity index is 0.000000182. The highest BCUT2D eigenvalue weighted by atomic mass is 79.9. The number of aliphatic carboxylic acids is 1. The number of halogens is 2. The van der Waals surface area contributed by atoms with Crippen LogP contribution in [0.25, 0.3) is 44.1 Å². The number of carboxylic acids is 1. The van der Waals surface area contributed by atoms with Crippen LogP contribution in [0.5, 0.6) is 0 Å². The lowest BCUT2D eigenvalue weighted by Gasteiger charge is -2.13. The van der Waals surface area contributed by atoms with Crippen LogP contribution in [0.3, 0.4) is 0 Å². The van der Waals surface area contributed by atoms with Crippen LogP contribution in [0.4, 0.5) is 0 Å². The van der Waals surface area contributed by atoms with Crippen molar-refractivity contribution in [2.24, 2.45) is 0 Å². The van der Waals surface area contributed by atoms with Crippen molar-refractivity contribution in [3.05, 3.63) is 138 Å². The molecule has 0 aliphatic rings. The van der Waals surface area contributed by atoms with E-state index in [-0.39, 0.29) is 36.1 Å². The van der Waals surface area contributed by atoms with Gasteiger partial charge < -0.3 is 19.8 Å². The van der Waals surface area contributed by atoms with Crippen molar-refractivity contribution in [3.8, 4) is 22.3 Å². The van der Waals surface area contributed by atoms with Gasteiger partial charge in [-0.2, -0.15) is 0 Å². The van der Waals surface area contributed by atoms with E-state index in [0.29, 0.717) is 16.6 Å². The molecule has 4 aromatic carbocycles. The number of para-hydroxylation sites is 2. The third-order valence-corrected chi connectivity index (χ3v) is 8.21. The quantitative estimate of drug-likeness (QED) is 0.144. The first-order chi connectivity index (χ1) is 22.2. The molecule has 3 N–H and O–H groups in total. The minimum atomic E-state index is -1.03. The van der Waals surface area contributed by atoms with Crippen molar-refractivity contribution in [3.63, 3.8) is 0 Å². The molecule has 46 heavy (non-hydrogen) atoms.